The molecule has 2 aromatic rings. The molecule has 1 aliphatic rings. The highest BCUT2D eigenvalue weighted by atomic mass is 32.1. The van der Waals surface area contributed by atoms with Crippen molar-refractivity contribution in [3.63, 3.8) is 0 Å². The monoisotopic (exact) mass is 417 g/mol. The van der Waals surface area contributed by atoms with Crippen LogP contribution in [0.2, 0.25) is 0 Å². The average Bonchev–Trinajstić information content (AvgIpc) is 3.23. The maximum absolute atomic E-state index is 12.8. The molecule has 3 heterocycles. The molecule has 156 valence electrons. The highest BCUT2D eigenvalue weighted by Crippen LogP contribution is 2.29. The second-order valence-electron chi connectivity index (χ2n) is 7.23. The van der Waals surface area contributed by atoms with Crippen LogP contribution in [0.1, 0.15) is 52.3 Å². The third-order valence-electron chi connectivity index (χ3n) is 5.36. The molecule has 0 unspecified atom stereocenters. The van der Waals surface area contributed by atoms with E-state index in [1.54, 1.807) is 19.4 Å². The third kappa shape index (κ3) is 5.47. The molecule has 0 spiro atoms. The van der Waals surface area contributed by atoms with Crippen molar-refractivity contribution in [3.8, 4) is 5.88 Å². The van der Waals surface area contributed by atoms with Crippen LogP contribution in [0.5, 0.6) is 5.88 Å². The molecule has 8 heteroatoms. The highest BCUT2D eigenvalue weighted by Gasteiger charge is 2.27. The Morgan fingerprint density at radius 3 is 2.62 bits per heavy atom. The number of rotatable bonds is 7. The molecule has 1 fully saturated rings. The summed E-state index contributed by atoms with van der Waals surface area (Å²) in [6.45, 7) is 3.14. The number of ether oxygens (including phenoxy) is 1. The number of aryl methyl sites for hydroxylation is 1. The van der Waals surface area contributed by atoms with E-state index in [0.29, 0.717) is 29.8 Å². The van der Waals surface area contributed by atoms with Gasteiger partial charge in [-0.05, 0) is 49.3 Å². The van der Waals surface area contributed by atoms with E-state index in [0.717, 1.165) is 31.2 Å². The van der Waals surface area contributed by atoms with E-state index in [4.69, 9.17) is 9.84 Å². The molecule has 1 aliphatic heterocycles. The number of piperidine rings is 1. The lowest BCUT2D eigenvalue weighted by Gasteiger charge is -2.32. The fourth-order valence-electron chi connectivity index (χ4n) is 3.61. The summed E-state index contributed by atoms with van der Waals surface area (Å²) in [4.78, 5) is 31.6. The predicted molar refractivity (Wildman–Crippen MR) is 112 cm³/mol. The number of hydrogen-bond donors (Lipinski definition) is 2. The lowest BCUT2D eigenvalue weighted by molar-refractivity contribution is 0.0926. The Kier molecular flexibility index (Phi) is 7.09. The van der Waals surface area contributed by atoms with Gasteiger partial charge in [0.2, 0.25) is 5.88 Å². The molecule has 7 nitrogen and oxygen atoms in total. The fraction of sp³-hybridized carbons (Fsp3) is 0.476. The second-order valence-corrected chi connectivity index (χ2v) is 8.40. The molecule has 0 radical (unpaired) electrons. The van der Waals surface area contributed by atoms with Crippen LogP contribution < -0.4 is 10.1 Å². The number of likely N-dealkylation sites (tertiary alicyclic amines) is 1. The summed E-state index contributed by atoms with van der Waals surface area (Å²) >= 11 is 1.51. The van der Waals surface area contributed by atoms with E-state index >= 15 is 0 Å². The summed E-state index contributed by atoms with van der Waals surface area (Å²) in [6.07, 6.45) is 4.12. The third-order valence-corrected chi connectivity index (χ3v) is 6.59. The van der Waals surface area contributed by atoms with Gasteiger partial charge in [0.15, 0.2) is 0 Å². The number of carboxylic acid groups (broad SMARTS) is 1. The number of pyridine rings is 1. The summed E-state index contributed by atoms with van der Waals surface area (Å²) in [5.41, 5.74) is 0.923. The largest absolute Gasteiger partial charge is 0.481 e. The first-order valence-corrected chi connectivity index (χ1v) is 10.7. The zero-order valence-corrected chi connectivity index (χ0v) is 17.6. The summed E-state index contributed by atoms with van der Waals surface area (Å²) in [7, 11) is 1.57. The first kappa shape index (κ1) is 21.1. The lowest BCUT2D eigenvalue weighted by Crippen LogP contribution is -2.39. The van der Waals surface area contributed by atoms with E-state index in [1.807, 2.05) is 18.2 Å². The molecule has 2 aromatic heterocycles. The summed E-state index contributed by atoms with van der Waals surface area (Å²) in [5.74, 6) is 0.783. The molecule has 0 aliphatic carbocycles. The van der Waals surface area contributed by atoms with Crippen molar-refractivity contribution in [1.82, 2.24) is 15.2 Å². The smallest absolute Gasteiger partial charge is 0.407 e. The van der Waals surface area contributed by atoms with Crippen LogP contribution >= 0.6 is 11.3 Å². The first-order chi connectivity index (χ1) is 14.0. The molecule has 0 saturated carbocycles. The number of amides is 2. The van der Waals surface area contributed by atoms with Crippen molar-refractivity contribution in [2.45, 2.75) is 38.6 Å². The van der Waals surface area contributed by atoms with Gasteiger partial charge in [0.25, 0.3) is 5.91 Å². The van der Waals surface area contributed by atoms with Crippen molar-refractivity contribution in [2.24, 2.45) is 5.92 Å². The maximum atomic E-state index is 12.8. The Morgan fingerprint density at radius 1 is 1.31 bits per heavy atom. The molecule has 2 N–H and O–H groups in total. The van der Waals surface area contributed by atoms with Crippen molar-refractivity contribution < 1.29 is 19.4 Å². The van der Waals surface area contributed by atoms with Gasteiger partial charge in [-0.25, -0.2) is 9.78 Å². The molecular formula is C21H27N3O4S. The van der Waals surface area contributed by atoms with Gasteiger partial charge in [-0.1, -0.05) is 13.0 Å². The van der Waals surface area contributed by atoms with Gasteiger partial charge in [-0.15, -0.1) is 11.3 Å². The van der Waals surface area contributed by atoms with Crippen LogP contribution in [0.3, 0.4) is 0 Å². The van der Waals surface area contributed by atoms with E-state index in [9.17, 15) is 9.59 Å². The number of aromatic nitrogens is 1. The van der Waals surface area contributed by atoms with Gasteiger partial charge in [-0.3, -0.25) is 4.79 Å². The van der Waals surface area contributed by atoms with Gasteiger partial charge >= 0.3 is 6.09 Å². The minimum absolute atomic E-state index is 0.0847. The summed E-state index contributed by atoms with van der Waals surface area (Å²) in [5, 5.41) is 12.3. The Hall–Kier alpha value is -2.61. The van der Waals surface area contributed by atoms with E-state index in [1.165, 1.54) is 21.1 Å². The van der Waals surface area contributed by atoms with E-state index in [-0.39, 0.29) is 11.9 Å². The van der Waals surface area contributed by atoms with Crippen LogP contribution in [0.15, 0.2) is 30.5 Å². The Balaban J connectivity index is 1.72. The average molecular weight is 418 g/mol. The van der Waals surface area contributed by atoms with Crippen LogP contribution in [0.4, 0.5) is 4.79 Å². The van der Waals surface area contributed by atoms with Gasteiger partial charge in [0, 0.05) is 30.2 Å². The first-order valence-electron chi connectivity index (χ1n) is 9.87. The van der Waals surface area contributed by atoms with E-state index < -0.39 is 6.09 Å². The van der Waals surface area contributed by atoms with Crippen LogP contribution in [-0.4, -0.2) is 47.2 Å². The molecule has 1 saturated heterocycles. The summed E-state index contributed by atoms with van der Waals surface area (Å²) < 4.78 is 5.14. The molecular weight excluding hydrogens is 390 g/mol. The molecule has 3 rings (SSSR count). The van der Waals surface area contributed by atoms with Crippen molar-refractivity contribution in [2.75, 3.05) is 20.2 Å². The van der Waals surface area contributed by atoms with Crippen LogP contribution in [-0.2, 0) is 6.42 Å². The summed E-state index contributed by atoms with van der Waals surface area (Å²) in [6, 6.07) is 7.39. The van der Waals surface area contributed by atoms with Crippen LogP contribution in [0, 0.1) is 5.92 Å². The fourth-order valence-corrected chi connectivity index (χ4v) is 4.46. The van der Waals surface area contributed by atoms with Gasteiger partial charge in [0.05, 0.1) is 18.0 Å². The number of nitrogens with zero attached hydrogens (tertiary/aromatic N) is 2. The normalized spacial score (nSPS) is 15.7. The SMILES string of the molecule is CCc1ccc(C(=O)N[C@@H](CC2CCN(C(=O)O)CC2)c2ccc(OC)nc2)s1. The molecule has 29 heavy (non-hydrogen) atoms. The Labute approximate surface area is 174 Å². The number of methoxy groups -OCH3 is 1. The molecule has 0 bridgehead atoms. The maximum Gasteiger partial charge on any atom is 0.407 e. The zero-order valence-electron chi connectivity index (χ0n) is 16.8. The van der Waals surface area contributed by atoms with Crippen molar-refractivity contribution in [3.05, 3.63) is 45.8 Å². The lowest BCUT2D eigenvalue weighted by atomic mass is 9.88. The van der Waals surface area contributed by atoms with Gasteiger partial charge in [-0.2, -0.15) is 0 Å². The van der Waals surface area contributed by atoms with Crippen molar-refractivity contribution in [1.29, 1.82) is 0 Å². The number of thiophene rings is 1. The number of carbonyl (C=O) groups is 2. The standard InChI is InChI=1S/C21H27N3O4S/c1-3-16-5-6-18(29-16)20(25)23-17(15-4-7-19(28-2)22-13-15)12-14-8-10-24(11-9-14)21(26)27/h4-7,13-14,17H,3,8-12H2,1-2H3,(H,23,25)(H,26,27)/t17-/m0/s1. The zero-order chi connectivity index (χ0) is 20.8. The van der Waals surface area contributed by atoms with Gasteiger partial charge in [0.1, 0.15) is 0 Å². The molecule has 0 aromatic carbocycles. The van der Waals surface area contributed by atoms with E-state index in [2.05, 4.69) is 17.2 Å². The topological polar surface area (TPSA) is 91.8 Å². The quantitative estimate of drug-likeness (QED) is 0.711. The molecule has 2 amide bonds. The van der Waals surface area contributed by atoms with Crippen molar-refractivity contribution >= 4 is 23.3 Å². The minimum Gasteiger partial charge on any atom is -0.481 e. The number of carbonyl (C=O) groups excluding carboxylic acids is 1. The number of nitrogens with one attached hydrogen (secondary N) is 1. The molecule has 1 atom stereocenters. The van der Waals surface area contributed by atoms with Crippen LogP contribution in [0.25, 0.3) is 0 Å². The number of hydrogen-bond acceptors (Lipinski definition) is 5. The Morgan fingerprint density at radius 2 is 2.07 bits per heavy atom. The predicted octanol–water partition coefficient (Wildman–Crippen LogP) is 3.97. The minimum atomic E-state index is -0.864. The highest BCUT2D eigenvalue weighted by molar-refractivity contribution is 7.14. The Bertz CT molecular complexity index is 829. The second kappa shape index (κ2) is 9.73. The van der Waals surface area contributed by atoms with Gasteiger partial charge < -0.3 is 20.1 Å².